The monoisotopic (exact) mass is 461 g/mol. The highest BCUT2D eigenvalue weighted by Crippen LogP contribution is 2.25. The van der Waals surface area contributed by atoms with Crippen LogP contribution in [0.25, 0.3) is 0 Å². The fourth-order valence-corrected chi connectivity index (χ4v) is 3.00. The van der Waals surface area contributed by atoms with Crippen molar-refractivity contribution >= 4 is 23.8 Å². The van der Waals surface area contributed by atoms with Crippen LogP contribution in [0.1, 0.15) is 32.6 Å². The Bertz CT molecular complexity index is 1230. The minimum atomic E-state index is -0.636. The Morgan fingerprint density at radius 3 is 2.26 bits per heavy atom. The van der Waals surface area contributed by atoms with Crippen molar-refractivity contribution in [3.05, 3.63) is 98.6 Å². The molecule has 0 fully saturated rings. The minimum absolute atomic E-state index is 0.112. The Hall–Kier alpha value is -4.53. The summed E-state index contributed by atoms with van der Waals surface area (Å²) in [6.45, 7) is 5.68. The number of nitrogens with zero attached hydrogens (tertiary/aromatic N) is 2. The molecule has 0 heterocycles. The molecule has 0 aromatic heterocycles. The standard InChI is InChI=1S/C25H23N3O6/c1-16-4-5-17(2)24(18(16)3)33-15-23(29)27-26-14-19-6-12-22(13-7-19)34-25(30)20-8-10-21(11-9-20)28(31)32/h4-14H,15H2,1-3H3,(H,27,29)/b26-14-. The number of carbonyl (C=O) groups excluding carboxylic acids is 2. The minimum Gasteiger partial charge on any atom is -0.483 e. The summed E-state index contributed by atoms with van der Waals surface area (Å²) in [5, 5.41) is 14.6. The van der Waals surface area contributed by atoms with Crippen molar-refractivity contribution in [3.8, 4) is 11.5 Å². The Labute approximate surface area is 196 Å². The van der Waals surface area contributed by atoms with Crippen molar-refractivity contribution in [1.82, 2.24) is 5.43 Å². The second-order valence-electron chi connectivity index (χ2n) is 7.50. The molecule has 9 nitrogen and oxygen atoms in total. The third-order valence-electron chi connectivity index (χ3n) is 5.03. The summed E-state index contributed by atoms with van der Waals surface area (Å²) in [5.41, 5.74) is 6.18. The Kier molecular flexibility index (Phi) is 7.71. The van der Waals surface area contributed by atoms with Crippen LogP contribution in [0.15, 0.2) is 65.8 Å². The van der Waals surface area contributed by atoms with E-state index < -0.39 is 16.8 Å². The van der Waals surface area contributed by atoms with Gasteiger partial charge in [-0.05, 0) is 79.4 Å². The zero-order valence-electron chi connectivity index (χ0n) is 18.9. The third-order valence-corrected chi connectivity index (χ3v) is 5.03. The van der Waals surface area contributed by atoms with Gasteiger partial charge in [0.1, 0.15) is 11.5 Å². The van der Waals surface area contributed by atoms with E-state index in [2.05, 4.69) is 10.5 Å². The van der Waals surface area contributed by atoms with E-state index in [0.29, 0.717) is 17.1 Å². The lowest BCUT2D eigenvalue weighted by Crippen LogP contribution is -2.25. The quantitative estimate of drug-likeness (QED) is 0.176. The molecule has 0 aliphatic heterocycles. The number of nitrogens with one attached hydrogen (secondary N) is 1. The van der Waals surface area contributed by atoms with Gasteiger partial charge < -0.3 is 9.47 Å². The van der Waals surface area contributed by atoms with Gasteiger partial charge in [0.15, 0.2) is 6.61 Å². The molecule has 3 aromatic carbocycles. The molecule has 9 heteroatoms. The zero-order valence-corrected chi connectivity index (χ0v) is 18.9. The van der Waals surface area contributed by atoms with E-state index in [1.807, 2.05) is 32.9 Å². The molecule has 0 radical (unpaired) electrons. The average molecular weight is 461 g/mol. The first kappa shape index (κ1) is 24.1. The molecule has 0 aliphatic rings. The molecule has 1 N–H and O–H groups in total. The highest BCUT2D eigenvalue weighted by molar-refractivity contribution is 5.91. The summed E-state index contributed by atoms with van der Waals surface area (Å²) in [6.07, 6.45) is 1.45. The number of nitro groups is 1. The maximum atomic E-state index is 12.2. The predicted molar refractivity (Wildman–Crippen MR) is 126 cm³/mol. The largest absolute Gasteiger partial charge is 0.483 e. The highest BCUT2D eigenvalue weighted by Gasteiger charge is 2.12. The number of hydrogen-bond acceptors (Lipinski definition) is 7. The van der Waals surface area contributed by atoms with Gasteiger partial charge in [-0.15, -0.1) is 0 Å². The molecule has 1 amide bonds. The number of ether oxygens (including phenoxy) is 2. The summed E-state index contributed by atoms with van der Waals surface area (Å²) in [5.74, 6) is -0.0484. The first-order valence-electron chi connectivity index (χ1n) is 10.3. The number of rotatable bonds is 8. The van der Waals surface area contributed by atoms with Gasteiger partial charge in [0.2, 0.25) is 0 Å². The van der Waals surface area contributed by atoms with E-state index in [1.165, 1.54) is 30.5 Å². The van der Waals surface area contributed by atoms with Gasteiger partial charge in [0.25, 0.3) is 11.6 Å². The van der Waals surface area contributed by atoms with Crippen molar-refractivity contribution in [2.24, 2.45) is 5.10 Å². The number of esters is 1. The van der Waals surface area contributed by atoms with Crippen LogP contribution in [-0.4, -0.2) is 29.6 Å². The first-order chi connectivity index (χ1) is 16.2. The van der Waals surface area contributed by atoms with E-state index in [4.69, 9.17) is 9.47 Å². The number of nitro benzene ring substituents is 1. The number of amides is 1. The Morgan fingerprint density at radius 1 is 0.971 bits per heavy atom. The SMILES string of the molecule is Cc1ccc(C)c(OCC(=O)N/N=C\c2ccc(OC(=O)c3ccc([N+](=O)[O-])cc3)cc2)c1C. The van der Waals surface area contributed by atoms with E-state index >= 15 is 0 Å². The van der Waals surface area contributed by atoms with Gasteiger partial charge in [0, 0.05) is 12.1 Å². The number of aryl methyl sites for hydroxylation is 2. The predicted octanol–water partition coefficient (Wildman–Crippen LogP) is 4.27. The molecular weight excluding hydrogens is 438 g/mol. The van der Waals surface area contributed by atoms with Gasteiger partial charge in [-0.25, -0.2) is 10.2 Å². The average Bonchev–Trinajstić information content (AvgIpc) is 2.82. The molecular formula is C25H23N3O6. The van der Waals surface area contributed by atoms with Gasteiger partial charge >= 0.3 is 5.97 Å². The fourth-order valence-electron chi connectivity index (χ4n) is 3.00. The summed E-state index contributed by atoms with van der Waals surface area (Å²) in [7, 11) is 0. The van der Waals surface area contributed by atoms with E-state index in [-0.39, 0.29) is 17.9 Å². The summed E-state index contributed by atoms with van der Waals surface area (Å²) in [4.78, 5) is 34.4. The molecule has 3 aromatic rings. The molecule has 0 aliphatic carbocycles. The van der Waals surface area contributed by atoms with Crippen molar-refractivity contribution in [2.75, 3.05) is 6.61 Å². The number of non-ortho nitro benzene ring substituents is 1. The Balaban J connectivity index is 1.50. The molecule has 0 atom stereocenters. The number of hydrazone groups is 1. The summed E-state index contributed by atoms with van der Waals surface area (Å²) < 4.78 is 10.9. The van der Waals surface area contributed by atoms with Crippen LogP contribution in [0.5, 0.6) is 11.5 Å². The van der Waals surface area contributed by atoms with Crippen molar-refractivity contribution in [2.45, 2.75) is 20.8 Å². The number of carbonyl (C=O) groups is 2. The van der Waals surface area contributed by atoms with Crippen LogP contribution in [0, 0.1) is 30.9 Å². The van der Waals surface area contributed by atoms with Gasteiger partial charge in [-0.1, -0.05) is 12.1 Å². The summed E-state index contributed by atoms with van der Waals surface area (Å²) >= 11 is 0. The topological polar surface area (TPSA) is 120 Å². The molecule has 0 bridgehead atoms. The smallest absolute Gasteiger partial charge is 0.343 e. The molecule has 0 saturated carbocycles. The molecule has 3 rings (SSSR count). The zero-order chi connectivity index (χ0) is 24.7. The molecule has 174 valence electrons. The van der Waals surface area contributed by atoms with Crippen LogP contribution >= 0.6 is 0 Å². The molecule has 34 heavy (non-hydrogen) atoms. The van der Waals surface area contributed by atoms with E-state index in [0.717, 1.165) is 16.7 Å². The van der Waals surface area contributed by atoms with Crippen LogP contribution in [-0.2, 0) is 4.79 Å². The molecule has 0 unspecified atom stereocenters. The van der Waals surface area contributed by atoms with Crippen LogP contribution < -0.4 is 14.9 Å². The second-order valence-corrected chi connectivity index (χ2v) is 7.50. The van der Waals surface area contributed by atoms with Crippen LogP contribution in [0.4, 0.5) is 5.69 Å². The molecule has 0 saturated heterocycles. The van der Waals surface area contributed by atoms with Crippen molar-refractivity contribution < 1.29 is 24.0 Å². The third kappa shape index (κ3) is 6.26. The van der Waals surface area contributed by atoms with E-state index in [1.54, 1.807) is 24.3 Å². The lowest BCUT2D eigenvalue weighted by Gasteiger charge is -2.13. The fraction of sp³-hybridized carbons (Fsp3) is 0.160. The van der Waals surface area contributed by atoms with E-state index in [9.17, 15) is 19.7 Å². The normalized spacial score (nSPS) is 10.7. The second kappa shape index (κ2) is 10.9. The lowest BCUT2D eigenvalue weighted by molar-refractivity contribution is -0.384. The van der Waals surface area contributed by atoms with Gasteiger partial charge in [-0.2, -0.15) is 5.10 Å². The van der Waals surface area contributed by atoms with Crippen molar-refractivity contribution in [1.29, 1.82) is 0 Å². The molecule has 0 spiro atoms. The first-order valence-corrected chi connectivity index (χ1v) is 10.3. The lowest BCUT2D eigenvalue weighted by atomic mass is 10.1. The van der Waals surface area contributed by atoms with Crippen molar-refractivity contribution in [3.63, 3.8) is 0 Å². The number of benzene rings is 3. The van der Waals surface area contributed by atoms with Crippen LogP contribution in [0.2, 0.25) is 0 Å². The summed E-state index contributed by atoms with van der Waals surface area (Å²) in [6, 6.07) is 15.5. The van der Waals surface area contributed by atoms with Gasteiger partial charge in [-0.3, -0.25) is 14.9 Å². The highest BCUT2D eigenvalue weighted by atomic mass is 16.6. The van der Waals surface area contributed by atoms with Crippen LogP contribution in [0.3, 0.4) is 0 Å². The number of hydrogen-bond donors (Lipinski definition) is 1. The maximum Gasteiger partial charge on any atom is 0.343 e. The Morgan fingerprint density at radius 2 is 1.62 bits per heavy atom. The van der Waals surface area contributed by atoms with Gasteiger partial charge in [0.05, 0.1) is 16.7 Å². The maximum absolute atomic E-state index is 12.2.